The van der Waals surface area contributed by atoms with Crippen molar-refractivity contribution in [2.24, 2.45) is 5.10 Å². The van der Waals surface area contributed by atoms with E-state index in [-0.39, 0.29) is 24.0 Å². The predicted octanol–water partition coefficient (Wildman–Crippen LogP) is 1.90. The maximum Gasteiger partial charge on any atom is 0.271 e. The summed E-state index contributed by atoms with van der Waals surface area (Å²) >= 11 is 0. The average Bonchev–Trinajstić information content (AvgIpc) is 3.10. The zero-order valence-corrected chi connectivity index (χ0v) is 13.6. The molecule has 0 aliphatic carbocycles. The summed E-state index contributed by atoms with van der Waals surface area (Å²) in [5.41, 5.74) is 3.39. The molecule has 8 heteroatoms. The van der Waals surface area contributed by atoms with Crippen LogP contribution in [0.4, 0.5) is 0 Å². The highest BCUT2D eigenvalue weighted by Gasteiger charge is 2.16. The van der Waals surface area contributed by atoms with Crippen LogP contribution in [-0.2, 0) is 0 Å². The van der Waals surface area contributed by atoms with E-state index in [1.54, 1.807) is 30.3 Å². The molecule has 25 heavy (non-hydrogen) atoms. The molecule has 2 aromatic rings. The van der Waals surface area contributed by atoms with Gasteiger partial charge in [0.15, 0.2) is 23.0 Å². The highest BCUT2D eigenvalue weighted by atomic mass is 16.7. The van der Waals surface area contributed by atoms with Crippen molar-refractivity contribution in [2.45, 2.75) is 0 Å². The number of benzene rings is 2. The van der Waals surface area contributed by atoms with Crippen LogP contribution in [0.25, 0.3) is 0 Å². The lowest BCUT2D eigenvalue weighted by atomic mass is 10.2. The smallest absolute Gasteiger partial charge is 0.271 e. The molecule has 2 aromatic carbocycles. The molecule has 0 bridgehead atoms. The van der Waals surface area contributed by atoms with E-state index in [4.69, 9.17) is 18.9 Å². The molecule has 1 heterocycles. The number of phenols is 1. The van der Waals surface area contributed by atoms with Crippen LogP contribution in [-0.4, -0.2) is 38.2 Å². The molecule has 130 valence electrons. The molecular weight excluding hydrogens is 328 g/mol. The van der Waals surface area contributed by atoms with Crippen LogP contribution >= 0.6 is 0 Å². The quantitative estimate of drug-likeness (QED) is 0.635. The summed E-state index contributed by atoms with van der Waals surface area (Å²) in [6, 6.07) is 7.99. The molecule has 0 atom stereocenters. The Morgan fingerprint density at radius 3 is 2.52 bits per heavy atom. The number of aromatic hydroxyl groups is 1. The molecule has 2 N–H and O–H groups in total. The zero-order valence-electron chi connectivity index (χ0n) is 13.6. The van der Waals surface area contributed by atoms with Crippen LogP contribution in [0.5, 0.6) is 28.7 Å². The standard InChI is InChI=1S/C17H16N2O6/c1-22-14-5-10(6-15(23-2)16(14)20)8-18-19-17(21)11-3-4-12-13(7-11)25-9-24-12/h3-8,20H,9H2,1-2H3,(H,19,21)/b18-8-. The van der Waals surface area contributed by atoms with Gasteiger partial charge in [0, 0.05) is 11.1 Å². The monoisotopic (exact) mass is 344 g/mol. The summed E-state index contributed by atoms with van der Waals surface area (Å²) in [7, 11) is 2.85. The number of nitrogens with zero attached hydrogens (tertiary/aromatic N) is 1. The van der Waals surface area contributed by atoms with Crippen molar-refractivity contribution in [1.82, 2.24) is 5.43 Å². The minimum atomic E-state index is -0.396. The third kappa shape index (κ3) is 3.42. The first kappa shape index (κ1) is 16.4. The molecule has 0 spiro atoms. The van der Waals surface area contributed by atoms with Gasteiger partial charge in [0.2, 0.25) is 12.5 Å². The topological polar surface area (TPSA) is 98.6 Å². The first-order chi connectivity index (χ1) is 12.1. The fraction of sp³-hybridized carbons (Fsp3) is 0.176. The number of ether oxygens (including phenoxy) is 4. The van der Waals surface area contributed by atoms with E-state index in [2.05, 4.69) is 10.5 Å². The number of hydrazone groups is 1. The van der Waals surface area contributed by atoms with E-state index < -0.39 is 5.91 Å². The van der Waals surface area contributed by atoms with Crippen LogP contribution in [0.2, 0.25) is 0 Å². The number of rotatable bonds is 5. The van der Waals surface area contributed by atoms with E-state index in [1.807, 2.05) is 0 Å². The highest BCUT2D eigenvalue weighted by Crippen LogP contribution is 2.36. The highest BCUT2D eigenvalue weighted by molar-refractivity contribution is 5.95. The summed E-state index contributed by atoms with van der Waals surface area (Å²) in [4.78, 5) is 12.1. The van der Waals surface area contributed by atoms with E-state index in [0.717, 1.165) is 0 Å². The lowest BCUT2D eigenvalue weighted by Gasteiger charge is -2.09. The Morgan fingerprint density at radius 1 is 1.16 bits per heavy atom. The van der Waals surface area contributed by atoms with Crippen LogP contribution < -0.4 is 24.4 Å². The summed E-state index contributed by atoms with van der Waals surface area (Å²) in [5.74, 6) is 1.09. The van der Waals surface area contributed by atoms with Crippen LogP contribution in [0, 0.1) is 0 Å². The largest absolute Gasteiger partial charge is 0.502 e. The van der Waals surface area contributed by atoms with Gasteiger partial charge >= 0.3 is 0 Å². The van der Waals surface area contributed by atoms with Gasteiger partial charge in [-0.15, -0.1) is 0 Å². The van der Waals surface area contributed by atoms with E-state index in [0.29, 0.717) is 22.6 Å². The fourth-order valence-electron chi connectivity index (χ4n) is 2.26. The van der Waals surface area contributed by atoms with E-state index in [9.17, 15) is 9.90 Å². The van der Waals surface area contributed by atoms with Crippen molar-refractivity contribution in [3.63, 3.8) is 0 Å². The molecule has 0 fully saturated rings. The first-order valence-corrected chi connectivity index (χ1v) is 7.30. The predicted molar refractivity (Wildman–Crippen MR) is 88.8 cm³/mol. The number of nitrogens with one attached hydrogen (secondary N) is 1. The van der Waals surface area contributed by atoms with Gasteiger partial charge in [0.05, 0.1) is 20.4 Å². The number of carbonyl (C=O) groups excluding carboxylic acids is 1. The van der Waals surface area contributed by atoms with Gasteiger partial charge in [-0.3, -0.25) is 4.79 Å². The van der Waals surface area contributed by atoms with Crippen molar-refractivity contribution in [3.05, 3.63) is 41.5 Å². The fourth-order valence-corrected chi connectivity index (χ4v) is 2.26. The Balaban J connectivity index is 1.71. The molecule has 0 saturated heterocycles. The van der Waals surface area contributed by atoms with Gasteiger partial charge in [-0.05, 0) is 30.3 Å². The second-order valence-corrected chi connectivity index (χ2v) is 5.04. The lowest BCUT2D eigenvalue weighted by Crippen LogP contribution is -2.17. The van der Waals surface area contributed by atoms with E-state index in [1.165, 1.54) is 20.4 Å². The minimum absolute atomic E-state index is 0.105. The van der Waals surface area contributed by atoms with Gasteiger partial charge in [-0.1, -0.05) is 0 Å². The van der Waals surface area contributed by atoms with Gasteiger partial charge in [-0.2, -0.15) is 5.10 Å². The normalized spacial score (nSPS) is 12.2. The molecule has 3 rings (SSSR count). The Morgan fingerprint density at radius 2 is 1.84 bits per heavy atom. The second-order valence-electron chi connectivity index (χ2n) is 5.04. The number of fused-ring (bicyclic) bond motifs is 1. The van der Waals surface area contributed by atoms with Crippen molar-refractivity contribution in [3.8, 4) is 28.7 Å². The summed E-state index contributed by atoms with van der Waals surface area (Å²) in [6.07, 6.45) is 1.41. The average molecular weight is 344 g/mol. The summed E-state index contributed by atoms with van der Waals surface area (Å²) < 4.78 is 20.6. The van der Waals surface area contributed by atoms with Gasteiger partial charge in [0.25, 0.3) is 5.91 Å². The maximum atomic E-state index is 12.1. The van der Waals surface area contributed by atoms with Crippen molar-refractivity contribution in [1.29, 1.82) is 0 Å². The number of phenolic OH excluding ortho intramolecular Hbond substituents is 1. The molecule has 8 nitrogen and oxygen atoms in total. The van der Waals surface area contributed by atoms with Crippen LogP contribution in [0.3, 0.4) is 0 Å². The number of hydrogen-bond donors (Lipinski definition) is 2. The Bertz CT molecular complexity index is 809. The van der Waals surface area contributed by atoms with Gasteiger partial charge in [-0.25, -0.2) is 5.43 Å². The Kier molecular flexibility index (Phi) is 4.60. The van der Waals surface area contributed by atoms with Crippen molar-refractivity contribution >= 4 is 12.1 Å². The third-order valence-corrected chi connectivity index (χ3v) is 3.52. The van der Waals surface area contributed by atoms with Crippen molar-refractivity contribution < 1.29 is 28.8 Å². The number of carbonyl (C=O) groups is 1. The number of amides is 1. The van der Waals surface area contributed by atoms with Crippen molar-refractivity contribution in [2.75, 3.05) is 21.0 Å². The molecule has 0 radical (unpaired) electrons. The Labute approximate surface area is 143 Å². The van der Waals surface area contributed by atoms with Crippen LogP contribution in [0.15, 0.2) is 35.4 Å². The van der Waals surface area contributed by atoms with Gasteiger partial charge < -0.3 is 24.1 Å². The third-order valence-electron chi connectivity index (χ3n) is 3.52. The van der Waals surface area contributed by atoms with E-state index >= 15 is 0 Å². The SMILES string of the molecule is COc1cc(/C=N\NC(=O)c2ccc3c(c2)OCO3)cc(OC)c1O. The minimum Gasteiger partial charge on any atom is -0.502 e. The molecule has 1 amide bonds. The summed E-state index contributed by atoms with van der Waals surface area (Å²) in [6.45, 7) is 0.142. The molecular formula is C17H16N2O6. The second kappa shape index (κ2) is 7.00. The van der Waals surface area contributed by atoms with Crippen LogP contribution in [0.1, 0.15) is 15.9 Å². The zero-order chi connectivity index (χ0) is 17.8. The summed E-state index contributed by atoms with van der Waals surface area (Å²) in [5, 5.41) is 13.8. The molecule has 0 aromatic heterocycles. The first-order valence-electron chi connectivity index (χ1n) is 7.30. The maximum absolute atomic E-state index is 12.1. The Hall–Kier alpha value is -3.42. The molecule has 0 unspecified atom stereocenters. The molecule has 1 aliphatic rings. The number of hydrogen-bond acceptors (Lipinski definition) is 7. The molecule has 1 aliphatic heterocycles. The lowest BCUT2D eigenvalue weighted by molar-refractivity contribution is 0.0954. The van der Waals surface area contributed by atoms with Gasteiger partial charge in [0.1, 0.15) is 0 Å². The number of methoxy groups -OCH3 is 2. The molecule has 0 saturated carbocycles.